The zero-order valence-electron chi connectivity index (χ0n) is 22.4. The standard InChI is InChI=1S/C27H28F7NO5/c1-24(2,3)39-22(37)20(35-23(38)40-25(4,5)6)12-15-9-14(7-8-19(15)28)21(36)16-10-17(26(29,30)31)13-18(11-16)27(32,33)34/h7-11,13,20H,12H2,1-6H3,(H,35,38). The van der Waals surface area contributed by atoms with E-state index in [1.807, 2.05) is 0 Å². The molecule has 2 rings (SSSR count). The van der Waals surface area contributed by atoms with Crippen LogP contribution in [0.2, 0.25) is 0 Å². The second-order valence-corrected chi connectivity index (χ2v) is 10.9. The van der Waals surface area contributed by atoms with Crippen molar-refractivity contribution in [1.82, 2.24) is 5.32 Å². The number of hydrogen-bond acceptors (Lipinski definition) is 5. The third-order valence-corrected chi connectivity index (χ3v) is 4.96. The van der Waals surface area contributed by atoms with Gasteiger partial charge in [0.25, 0.3) is 0 Å². The Morgan fingerprint density at radius 1 is 0.750 bits per heavy atom. The lowest BCUT2D eigenvalue weighted by atomic mass is 9.95. The molecule has 0 radical (unpaired) electrons. The van der Waals surface area contributed by atoms with Gasteiger partial charge in [-0.3, -0.25) is 4.79 Å². The highest BCUT2D eigenvalue weighted by Crippen LogP contribution is 2.37. The summed E-state index contributed by atoms with van der Waals surface area (Å²) in [6, 6.07) is 1.38. The minimum atomic E-state index is -5.18. The van der Waals surface area contributed by atoms with Crippen molar-refractivity contribution >= 4 is 17.8 Å². The van der Waals surface area contributed by atoms with E-state index < -0.39 is 81.9 Å². The van der Waals surface area contributed by atoms with Crippen molar-refractivity contribution in [2.75, 3.05) is 0 Å². The van der Waals surface area contributed by atoms with Gasteiger partial charge in [-0.2, -0.15) is 26.3 Å². The van der Waals surface area contributed by atoms with Gasteiger partial charge in [0.2, 0.25) is 0 Å². The summed E-state index contributed by atoms with van der Waals surface area (Å²) >= 11 is 0. The largest absolute Gasteiger partial charge is 0.458 e. The van der Waals surface area contributed by atoms with E-state index in [1.165, 1.54) is 0 Å². The van der Waals surface area contributed by atoms with Crippen molar-refractivity contribution in [3.05, 3.63) is 70.0 Å². The number of amides is 1. The van der Waals surface area contributed by atoms with Gasteiger partial charge in [-0.25, -0.2) is 14.0 Å². The number of nitrogens with one attached hydrogen (secondary N) is 1. The molecule has 220 valence electrons. The normalized spacial score (nSPS) is 13.4. The van der Waals surface area contributed by atoms with Crippen molar-refractivity contribution in [2.24, 2.45) is 0 Å². The Morgan fingerprint density at radius 3 is 1.70 bits per heavy atom. The molecule has 6 nitrogen and oxygen atoms in total. The van der Waals surface area contributed by atoms with Crippen LogP contribution in [0, 0.1) is 5.82 Å². The Morgan fingerprint density at radius 2 is 1.25 bits per heavy atom. The SMILES string of the molecule is CC(C)(C)OC(=O)NC(Cc1cc(C(=O)c2cc(C(F)(F)F)cc(C(F)(F)F)c2)ccc1F)C(=O)OC(C)(C)C. The van der Waals surface area contributed by atoms with Crippen LogP contribution < -0.4 is 5.32 Å². The van der Waals surface area contributed by atoms with Crippen molar-refractivity contribution in [3.8, 4) is 0 Å². The van der Waals surface area contributed by atoms with Crippen LogP contribution >= 0.6 is 0 Å². The molecular formula is C27H28F7NO5. The number of benzene rings is 2. The molecule has 0 spiro atoms. The third kappa shape index (κ3) is 9.53. The summed E-state index contributed by atoms with van der Waals surface area (Å²) < 4.78 is 105. The lowest BCUT2D eigenvalue weighted by molar-refractivity contribution is -0.157. The number of hydrogen-bond donors (Lipinski definition) is 1. The van der Waals surface area contributed by atoms with Gasteiger partial charge >= 0.3 is 24.4 Å². The molecule has 0 heterocycles. The lowest BCUT2D eigenvalue weighted by Crippen LogP contribution is -2.47. The van der Waals surface area contributed by atoms with E-state index in [0.717, 1.165) is 18.2 Å². The molecule has 2 aromatic rings. The quantitative estimate of drug-likeness (QED) is 0.230. The zero-order valence-corrected chi connectivity index (χ0v) is 22.4. The summed E-state index contributed by atoms with van der Waals surface area (Å²) in [5, 5.41) is 2.26. The van der Waals surface area contributed by atoms with E-state index in [0.29, 0.717) is 0 Å². The minimum Gasteiger partial charge on any atom is -0.458 e. The molecule has 1 unspecified atom stereocenters. The molecule has 40 heavy (non-hydrogen) atoms. The van der Waals surface area contributed by atoms with E-state index in [-0.39, 0.29) is 23.8 Å². The molecule has 0 aliphatic heterocycles. The fourth-order valence-corrected chi connectivity index (χ4v) is 3.36. The highest BCUT2D eigenvalue weighted by molar-refractivity contribution is 6.09. The Labute approximate surface area is 225 Å². The molecule has 0 saturated carbocycles. The Hall–Kier alpha value is -3.64. The number of alkyl halides is 6. The highest BCUT2D eigenvalue weighted by atomic mass is 19.4. The fourth-order valence-electron chi connectivity index (χ4n) is 3.36. The number of ketones is 1. The maximum Gasteiger partial charge on any atom is 0.416 e. The predicted molar refractivity (Wildman–Crippen MR) is 129 cm³/mol. The van der Waals surface area contributed by atoms with Crippen molar-refractivity contribution in [3.63, 3.8) is 0 Å². The van der Waals surface area contributed by atoms with Gasteiger partial charge in [-0.1, -0.05) is 0 Å². The number of esters is 1. The van der Waals surface area contributed by atoms with Gasteiger partial charge in [-0.15, -0.1) is 0 Å². The number of ether oxygens (including phenoxy) is 2. The van der Waals surface area contributed by atoms with Crippen molar-refractivity contribution in [1.29, 1.82) is 0 Å². The van der Waals surface area contributed by atoms with Gasteiger partial charge in [0.15, 0.2) is 5.78 Å². The van der Waals surface area contributed by atoms with Crippen LogP contribution in [0.1, 0.15) is 74.2 Å². The maximum absolute atomic E-state index is 14.7. The molecule has 0 aromatic heterocycles. The molecule has 0 aliphatic rings. The number of carbonyl (C=O) groups excluding carboxylic acids is 3. The summed E-state index contributed by atoms with van der Waals surface area (Å²) in [4.78, 5) is 38.1. The summed E-state index contributed by atoms with van der Waals surface area (Å²) in [5.74, 6) is -3.20. The summed E-state index contributed by atoms with van der Waals surface area (Å²) in [5.41, 5.74) is -7.10. The first-order valence-electron chi connectivity index (χ1n) is 11.8. The molecule has 0 bridgehead atoms. The van der Waals surface area contributed by atoms with Crippen LogP contribution in [0.25, 0.3) is 0 Å². The molecule has 0 aliphatic carbocycles. The predicted octanol–water partition coefficient (Wildman–Crippen LogP) is 6.87. The molecule has 0 saturated heterocycles. The number of alkyl carbamates (subject to hydrolysis) is 1. The molecule has 13 heteroatoms. The molecule has 2 aromatic carbocycles. The van der Waals surface area contributed by atoms with Crippen LogP contribution in [0.4, 0.5) is 35.5 Å². The van der Waals surface area contributed by atoms with E-state index >= 15 is 0 Å². The van der Waals surface area contributed by atoms with Crippen LogP contribution in [0.5, 0.6) is 0 Å². The molecular weight excluding hydrogens is 551 g/mol. The van der Waals surface area contributed by atoms with Gasteiger partial charge in [0.05, 0.1) is 11.1 Å². The molecule has 1 amide bonds. The highest BCUT2D eigenvalue weighted by Gasteiger charge is 2.38. The third-order valence-electron chi connectivity index (χ3n) is 4.96. The van der Waals surface area contributed by atoms with Gasteiger partial charge in [0, 0.05) is 17.5 Å². The second-order valence-electron chi connectivity index (χ2n) is 10.9. The van der Waals surface area contributed by atoms with Crippen LogP contribution in [-0.4, -0.2) is 35.1 Å². The van der Waals surface area contributed by atoms with E-state index in [4.69, 9.17) is 9.47 Å². The molecule has 0 fully saturated rings. The summed E-state index contributed by atoms with van der Waals surface area (Å²) in [7, 11) is 0. The molecule has 1 N–H and O–H groups in total. The average molecular weight is 580 g/mol. The summed E-state index contributed by atoms with van der Waals surface area (Å²) in [6.07, 6.45) is -12.0. The smallest absolute Gasteiger partial charge is 0.416 e. The maximum atomic E-state index is 14.7. The van der Waals surface area contributed by atoms with Crippen molar-refractivity contribution < 1.29 is 54.6 Å². The van der Waals surface area contributed by atoms with Gasteiger partial charge in [0.1, 0.15) is 23.1 Å². The van der Waals surface area contributed by atoms with E-state index in [1.54, 1.807) is 41.5 Å². The first-order valence-corrected chi connectivity index (χ1v) is 11.8. The summed E-state index contributed by atoms with van der Waals surface area (Å²) in [6.45, 7) is 9.30. The lowest BCUT2D eigenvalue weighted by Gasteiger charge is -2.26. The number of rotatable bonds is 6. The first kappa shape index (κ1) is 32.6. The van der Waals surface area contributed by atoms with E-state index in [9.17, 15) is 45.1 Å². The average Bonchev–Trinajstić information content (AvgIpc) is 2.75. The Bertz CT molecular complexity index is 1240. The van der Waals surface area contributed by atoms with Gasteiger partial charge < -0.3 is 14.8 Å². The first-order chi connectivity index (χ1) is 18.0. The van der Waals surface area contributed by atoms with E-state index in [2.05, 4.69) is 5.32 Å². The topological polar surface area (TPSA) is 81.7 Å². The zero-order chi connectivity index (χ0) is 30.8. The monoisotopic (exact) mass is 579 g/mol. The van der Waals surface area contributed by atoms with Crippen LogP contribution in [0.3, 0.4) is 0 Å². The Balaban J connectivity index is 2.50. The van der Waals surface area contributed by atoms with Crippen LogP contribution in [-0.2, 0) is 33.0 Å². The van der Waals surface area contributed by atoms with Crippen molar-refractivity contribution in [2.45, 2.75) is 77.6 Å². The minimum absolute atomic E-state index is 0.124. The Kier molecular flexibility index (Phi) is 9.33. The number of carbonyl (C=O) groups is 3. The second kappa shape index (κ2) is 11.5. The number of halogens is 7. The van der Waals surface area contributed by atoms with Crippen LogP contribution in [0.15, 0.2) is 36.4 Å². The fraction of sp³-hybridized carbons (Fsp3) is 0.444. The van der Waals surface area contributed by atoms with Gasteiger partial charge in [-0.05, 0) is 83.5 Å². The molecule has 1 atom stereocenters.